The van der Waals surface area contributed by atoms with Crippen molar-refractivity contribution in [2.24, 2.45) is 0 Å². The van der Waals surface area contributed by atoms with Crippen molar-refractivity contribution in [2.45, 2.75) is 37.5 Å². The van der Waals surface area contributed by atoms with E-state index in [-0.39, 0.29) is 5.41 Å². The molecule has 0 atom stereocenters. The van der Waals surface area contributed by atoms with Crippen molar-refractivity contribution in [3.63, 3.8) is 0 Å². The summed E-state index contributed by atoms with van der Waals surface area (Å²) < 4.78 is 13.8. The van der Waals surface area contributed by atoms with Gasteiger partial charge in [0.2, 0.25) is 0 Å². The van der Waals surface area contributed by atoms with Gasteiger partial charge >= 0.3 is 0 Å². The van der Waals surface area contributed by atoms with Crippen molar-refractivity contribution >= 4 is 34.0 Å². The molecule has 0 radical (unpaired) electrons. The summed E-state index contributed by atoms with van der Waals surface area (Å²) in [4.78, 5) is 15.2. The van der Waals surface area contributed by atoms with Crippen LogP contribution in [0.2, 0.25) is 0 Å². The van der Waals surface area contributed by atoms with Crippen LogP contribution in [0.3, 0.4) is 0 Å². The van der Waals surface area contributed by atoms with Crippen molar-refractivity contribution in [1.82, 2.24) is 15.0 Å². The Morgan fingerprint density at radius 3 is 1.09 bits per heavy atom. The lowest BCUT2D eigenvalue weighted by atomic mass is 9.65. The Labute approximate surface area is 387 Å². The zero-order chi connectivity index (χ0) is 44.7. The summed E-state index contributed by atoms with van der Waals surface area (Å²) in [6.07, 6.45) is 5.80. The minimum atomic E-state index is -2.58. The van der Waals surface area contributed by atoms with Crippen LogP contribution in [0.4, 0.5) is 0 Å². The zero-order valence-corrected chi connectivity index (χ0v) is 38.3. The molecule has 0 unspecified atom stereocenters. The first-order chi connectivity index (χ1) is 32.3. The molecule has 1 aliphatic rings. The topological polar surface area (TPSA) is 55.7 Å². The second-order valence-corrected chi connectivity index (χ2v) is 21.3. The van der Waals surface area contributed by atoms with E-state index in [1.807, 2.05) is 37.6 Å². The number of benzene rings is 9. The average molecular weight is 872 g/mol. The smallest absolute Gasteiger partial charge is 0.164 e. The third-order valence-electron chi connectivity index (χ3n) is 13.7. The summed E-state index contributed by atoms with van der Waals surface area (Å²) in [5, 5.41) is 5.41. The lowest BCUT2D eigenvalue weighted by Crippen LogP contribution is -2.30. The van der Waals surface area contributed by atoms with E-state index in [1.54, 1.807) is 0 Å². The van der Waals surface area contributed by atoms with Crippen LogP contribution in [-0.4, -0.2) is 28.3 Å². The van der Waals surface area contributed by atoms with Crippen LogP contribution >= 0.6 is 7.14 Å². The molecule has 5 heteroatoms. The molecule has 0 spiro atoms. The van der Waals surface area contributed by atoms with Crippen molar-refractivity contribution < 1.29 is 4.57 Å². The maximum atomic E-state index is 13.8. The van der Waals surface area contributed by atoms with Gasteiger partial charge in [0.25, 0.3) is 0 Å². The predicted molar refractivity (Wildman–Crippen MR) is 277 cm³/mol. The number of hydrogen-bond acceptors (Lipinski definition) is 4. The molecule has 320 valence electrons. The van der Waals surface area contributed by atoms with E-state index in [4.69, 9.17) is 15.0 Å². The van der Waals surface area contributed by atoms with Gasteiger partial charge in [-0.05, 0) is 92.2 Å². The molecule has 4 nitrogen and oxygen atoms in total. The van der Waals surface area contributed by atoms with Crippen molar-refractivity contribution in [3.05, 3.63) is 217 Å². The van der Waals surface area contributed by atoms with Crippen LogP contribution in [0.15, 0.2) is 206 Å². The number of hydrogen-bond donors (Lipinski definition) is 0. The molecule has 1 saturated carbocycles. The van der Waals surface area contributed by atoms with Gasteiger partial charge in [-0.3, -0.25) is 0 Å². The van der Waals surface area contributed by atoms with Gasteiger partial charge < -0.3 is 4.57 Å². The Kier molecular flexibility index (Phi) is 10.8. The molecule has 66 heavy (non-hydrogen) atoms. The van der Waals surface area contributed by atoms with Gasteiger partial charge in [0.15, 0.2) is 17.5 Å². The van der Waals surface area contributed by atoms with Gasteiger partial charge in [0.1, 0.15) is 7.14 Å². The summed E-state index contributed by atoms with van der Waals surface area (Å²) in [5.41, 5.74) is 12.5. The standard InChI is InChI=1S/C61H50N3OP/c1-66(2,65)57-54-22-12-10-20-52(54)56(53-21-11-13-23-55(53)57)46-32-36-50(37-33-46)61(40-14-5-15-41-61)51-38-34-49(35-39-51)60-63-58(47-18-8-4-9-19-47)62-59(64-60)48-30-28-45(29-31-48)44-26-24-43(25-27-44)42-16-6-3-7-17-42/h3-4,6-13,16-39H,5,14-15,40-41H2,1-2H3. The fourth-order valence-electron chi connectivity index (χ4n) is 10.4. The number of nitrogens with zero attached hydrogens (tertiary/aromatic N) is 3. The van der Waals surface area contributed by atoms with E-state index in [2.05, 4.69) is 182 Å². The molecule has 1 heterocycles. The number of aromatic nitrogens is 3. The minimum absolute atomic E-state index is 0.108. The lowest BCUT2D eigenvalue weighted by molar-refractivity contribution is 0.346. The van der Waals surface area contributed by atoms with E-state index < -0.39 is 7.14 Å². The molecule has 1 aromatic heterocycles. The third kappa shape index (κ3) is 7.76. The quantitative estimate of drug-likeness (QED) is 0.107. The van der Waals surface area contributed by atoms with E-state index in [1.165, 1.54) is 52.6 Å². The highest BCUT2D eigenvalue weighted by molar-refractivity contribution is 7.71. The summed E-state index contributed by atoms with van der Waals surface area (Å²) in [6, 6.07) is 73.3. The molecule has 0 bridgehead atoms. The molecule has 1 aliphatic carbocycles. The lowest BCUT2D eigenvalue weighted by Gasteiger charge is -2.39. The van der Waals surface area contributed by atoms with Crippen molar-refractivity contribution in [2.75, 3.05) is 13.3 Å². The second kappa shape index (κ2) is 17.3. The Balaban J connectivity index is 0.931. The molecule has 11 rings (SSSR count). The summed E-state index contributed by atoms with van der Waals surface area (Å²) in [5.74, 6) is 1.95. The zero-order valence-electron chi connectivity index (χ0n) is 37.4. The van der Waals surface area contributed by atoms with Crippen LogP contribution in [-0.2, 0) is 9.98 Å². The molecular weight excluding hydrogens is 822 g/mol. The highest BCUT2D eigenvalue weighted by atomic mass is 31.2. The summed E-state index contributed by atoms with van der Waals surface area (Å²) in [7, 11) is -2.58. The van der Waals surface area contributed by atoms with Crippen LogP contribution in [0.1, 0.15) is 43.2 Å². The molecule has 0 amide bonds. The Morgan fingerprint density at radius 2 is 0.667 bits per heavy atom. The molecule has 0 N–H and O–H groups in total. The van der Waals surface area contributed by atoms with Gasteiger partial charge in [0, 0.05) is 27.4 Å². The Bertz CT molecular complexity index is 3340. The van der Waals surface area contributed by atoms with E-state index in [0.29, 0.717) is 17.5 Å². The van der Waals surface area contributed by atoms with E-state index in [9.17, 15) is 4.57 Å². The first kappa shape index (κ1) is 41.4. The van der Waals surface area contributed by atoms with E-state index >= 15 is 0 Å². The minimum Gasteiger partial charge on any atom is -0.319 e. The van der Waals surface area contributed by atoms with Gasteiger partial charge in [-0.25, -0.2) is 15.0 Å². The van der Waals surface area contributed by atoms with Crippen LogP contribution < -0.4 is 5.30 Å². The predicted octanol–water partition coefficient (Wildman–Crippen LogP) is 15.7. The second-order valence-electron chi connectivity index (χ2n) is 18.2. The molecular formula is C61H50N3OP. The largest absolute Gasteiger partial charge is 0.319 e. The van der Waals surface area contributed by atoms with Gasteiger partial charge in [0.05, 0.1) is 0 Å². The number of rotatable bonds is 9. The van der Waals surface area contributed by atoms with Gasteiger partial charge in [-0.15, -0.1) is 0 Å². The molecule has 0 aliphatic heterocycles. The van der Waals surface area contributed by atoms with Crippen molar-refractivity contribution in [1.29, 1.82) is 0 Å². The summed E-state index contributed by atoms with van der Waals surface area (Å²) in [6.45, 7) is 3.78. The Morgan fingerprint density at radius 1 is 0.348 bits per heavy atom. The molecule has 0 saturated heterocycles. The van der Waals surface area contributed by atoms with Crippen LogP contribution in [0.25, 0.3) is 89.1 Å². The third-order valence-corrected chi connectivity index (χ3v) is 15.3. The maximum Gasteiger partial charge on any atom is 0.164 e. The van der Waals surface area contributed by atoms with E-state index in [0.717, 1.165) is 67.5 Å². The molecule has 1 fully saturated rings. The normalized spacial score (nSPS) is 13.8. The monoisotopic (exact) mass is 871 g/mol. The SMILES string of the molecule is CP(C)(=O)c1c2ccccc2c(-c2ccc(C3(c4ccc(-c5nc(-c6ccccc6)nc(-c6ccc(-c7ccc(-c8ccccc8)cc7)cc6)n5)cc4)CCCCC3)cc2)c2ccccc12. The molecule has 10 aromatic rings. The van der Waals surface area contributed by atoms with Gasteiger partial charge in [-0.1, -0.05) is 226 Å². The first-order valence-electron chi connectivity index (χ1n) is 23.1. The van der Waals surface area contributed by atoms with Crippen LogP contribution in [0.5, 0.6) is 0 Å². The highest BCUT2D eigenvalue weighted by Crippen LogP contribution is 2.48. The number of fused-ring (bicyclic) bond motifs is 2. The highest BCUT2D eigenvalue weighted by Gasteiger charge is 2.36. The fourth-order valence-corrected chi connectivity index (χ4v) is 12.0. The van der Waals surface area contributed by atoms with Gasteiger partial charge in [-0.2, -0.15) is 0 Å². The fraction of sp³-hybridized carbons (Fsp3) is 0.131. The first-order valence-corrected chi connectivity index (χ1v) is 25.7. The van der Waals surface area contributed by atoms with Crippen LogP contribution in [0, 0.1) is 0 Å². The Hall–Kier alpha value is -7.26. The summed E-state index contributed by atoms with van der Waals surface area (Å²) >= 11 is 0. The van der Waals surface area contributed by atoms with Crippen molar-refractivity contribution in [3.8, 4) is 67.5 Å². The average Bonchev–Trinajstić information content (AvgIpc) is 3.38. The maximum absolute atomic E-state index is 13.8. The molecule has 9 aromatic carbocycles.